The molecule has 0 aliphatic heterocycles. The monoisotopic (exact) mass is 217 g/mol. The van der Waals surface area contributed by atoms with Crippen LogP contribution in [-0.4, -0.2) is 19.7 Å². The van der Waals surface area contributed by atoms with E-state index in [2.05, 4.69) is 27.3 Å². The fourth-order valence-corrected chi connectivity index (χ4v) is 1.64. The third-order valence-electron chi connectivity index (χ3n) is 2.67. The molecule has 0 aromatic carbocycles. The zero-order valence-corrected chi connectivity index (χ0v) is 9.73. The van der Waals surface area contributed by atoms with E-state index >= 15 is 0 Å². The Hall–Kier alpha value is -1.91. The molecule has 0 spiro atoms. The van der Waals surface area contributed by atoms with E-state index in [1.165, 1.54) is 11.3 Å². The van der Waals surface area contributed by atoms with Crippen molar-refractivity contribution in [1.82, 2.24) is 19.7 Å². The van der Waals surface area contributed by atoms with E-state index in [0.717, 1.165) is 18.1 Å². The van der Waals surface area contributed by atoms with Gasteiger partial charge in [-0.2, -0.15) is 5.10 Å². The van der Waals surface area contributed by atoms with Crippen molar-refractivity contribution in [1.29, 1.82) is 0 Å². The van der Waals surface area contributed by atoms with Crippen LogP contribution in [0, 0.1) is 13.8 Å². The van der Waals surface area contributed by atoms with Crippen molar-refractivity contribution in [2.24, 2.45) is 7.05 Å². The lowest BCUT2D eigenvalue weighted by atomic mass is 10.2. The summed E-state index contributed by atoms with van der Waals surface area (Å²) < 4.78 is 1.89. The second-order valence-corrected chi connectivity index (χ2v) is 3.72. The number of anilines is 1. The zero-order chi connectivity index (χ0) is 11.5. The maximum Gasteiger partial charge on any atom is 0.144 e. The summed E-state index contributed by atoms with van der Waals surface area (Å²) in [5.41, 5.74) is 3.44. The van der Waals surface area contributed by atoms with Crippen molar-refractivity contribution in [3.63, 3.8) is 0 Å². The second-order valence-electron chi connectivity index (χ2n) is 3.72. The van der Waals surface area contributed by atoms with E-state index in [1.54, 1.807) is 18.6 Å². The molecular formula is C11H15N5. The molecule has 0 bridgehead atoms. The van der Waals surface area contributed by atoms with Crippen molar-refractivity contribution in [3.8, 4) is 0 Å². The highest BCUT2D eigenvalue weighted by Crippen LogP contribution is 2.13. The van der Waals surface area contributed by atoms with Gasteiger partial charge in [0.2, 0.25) is 0 Å². The van der Waals surface area contributed by atoms with Gasteiger partial charge in [-0.1, -0.05) is 0 Å². The van der Waals surface area contributed by atoms with E-state index in [0.29, 0.717) is 0 Å². The first kappa shape index (κ1) is 10.6. The Morgan fingerprint density at radius 3 is 2.69 bits per heavy atom. The van der Waals surface area contributed by atoms with Gasteiger partial charge >= 0.3 is 0 Å². The molecule has 0 radical (unpaired) electrons. The summed E-state index contributed by atoms with van der Waals surface area (Å²) in [6.45, 7) is 4.80. The largest absolute Gasteiger partial charge is 0.365 e. The van der Waals surface area contributed by atoms with Gasteiger partial charge in [0.15, 0.2) is 0 Å². The van der Waals surface area contributed by atoms with Crippen LogP contribution < -0.4 is 5.32 Å². The average Bonchev–Trinajstić information content (AvgIpc) is 2.53. The van der Waals surface area contributed by atoms with Crippen molar-refractivity contribution < 1.29 is 0 Å². The van der Waals surface area contributed by atoms with Crippen molar-refractivity contribution in [2.45, 2.75) is 20.4 Å². The molecule has 84 valence electrons. The van der Waals surface area contributed by atoms with Gasteiger partial charge in [0.05, 0.1) is 11.9 Å². The standard InChI is InChI=1S/C11H15N5/c1-8-10(9(2)16(3)15-8)6-14-11-7-12-4-5-13-11/h4-5,7H,6H2,1-3H3,(H,13,14). The molecule has 2 rings (SSSR count). The summed E-state index contributed by atoms with van der Waals surface area (Å²) in [6, 6.07) is 0. The van der Waals surface area contributed by atoms with Crippen LogP contribution >= 0.6 is 0 Å². The Kier molecular flexibility index (Phi) is 2.85. The fourth-order valence-electron chi connectivity index (χ4n) is 1.64. The molecular weight excluding hydrogens is 202 g/mol. The van der Waals surface area contributed by atoms with Gasteiger partial charge in [-0.15, -0.1) is 0 Å². The molecule has 5 heteroatoms. The van der Waals surface area contributed by atoms with Crippen LogP contribution in [0.1, 0.15) is 17.0 Å². The highest BCUT2D eigenvalue weighted by Gasteiger charge is 2.08. The quantitative estimate of drug-likeness (QED) is 0.845. The van der Waals surface area contributed by atoms with Gasteiger partial charge in [0.25, 0.3) is 0 Å². The summed E-state index contributed by atoms with van der Waals surface area (Å²) in [4.78, 5) is 8.16. The van der Waals surface area contributed by atoms with Gasteiger partial charge in [0.1, 0.15) is 5.82 Å². The van der Waals surface area contributed by atoms with Crippen molar-refractivity contribution >= 4 is 5.82 Å². The predicted molar refractivity (Wildman–Crippen MR) is 62.0 cm³/mol. The maximum absolute atomic E-state index is 4.36. The SMILES string of the molecule is Cc1nn(C)c(C)c1CNc1cnccn1. The van der Waals surface area contributed by atoms with Crippen LogP contribution in [-0.2, 0) is 13.6 Å². The lowest BCUT2D eigenvalue weighted by molar-refractivity contribution is 0.730. The average molecular weight is 217 g/mol. The third kappa shape index (κ3) is 2.03. The van der Waals surface area contributed by atoms with E-state index in [1.807, 2.05) is 18.7 Å². The molecule has 2 aromatic heterocycles. The highest BCUT2D eigenvalue weighted by molar-refractivity contribution is 5.34. The van der Waals surface area contributed by atoms with E-state index < -0.39 is 0 Å². The van der Waals surface area contributed by atoms with Crippen molar-refractivity contribution in [2.75, 3.05) is 5.32 Å². The van der Waals surface area contributed by atoms with Crippen LogP contribution in [0.4, 0.5) is 5.82 Å². The first-order chi connectivity index (χ1) is 7.68. The zero-order valence-electron chi connectivity index (χ0n) is 9.73. The molecule has 16 heavy (non-hydrogen) atoms. The molecule has 0 atom stereocenters. The van der Waals surface area contributed by atoms with Gasteiger partial charge < -0.3 is 5.32 Å². The predicted octanol–water partition coefficient (Wildman–Crippen LogP) is 1.44. The Morgan fingerprint density at radius 1 is 1.31 bits per heavy atom. The first-order valence-corrected chi connectivity index (χ1v) is 5.17. The van der Waals surface area contributed by atoms with Crippen LogP contribution in [0.3, 0.4) is 0 Å². The topological polar surface area (TPSA) is 55.6 Å². The first-order valence-electron chi connectivity index (χ1n) is 5.17. The number of aryl methyl sites for hydroxylation is 2. The van der Waals surface area contributed by atoms with Gasteiger partial charge in [-0.25, -0.2) is 4.98 Å². The fraction of sp³-hybridized carbons (Fsp3) is 0.364. The molecule has 0 aliphatic carbocycles. The lowest BCUT2D eigenvalue weighted by Gasteiger charge is -2.05. The molecule has 0 saturated carbocycles. The normalized spacial score (nSPS) is 10.4. The maximum atomic E-state index is 4.36. The molecule has 0 fully saturated rings. The molecule has 2 aromatic rings. The Labute approximate surface area is 94.5 Å². The molecule has 1 N–H and O–H groups in total. The van der Waals surface area contributed by atoms with E-state index in [-0.39, 0.29) is 0 Å². The third-order valence-corrected chi connectivity index (χ3v) is 2.67. The van der Waals surface area contributed by atoms with Gasteiger partial charge in [-0.3, -0.25) is 9.67 Å². The van der Waals surface area contributed by atoms with Crippen molar-refractivity contribution in [3.05, 3.63) is 35.5 Å². The second kappa shape index (κ2) is 4.30. The smallest absolute Gasteiger partial charge is 0.144 e. The summed E-state index contributed by atoms with van der Waals surface area (Å²) >= 11 is 0. The van der Waals surface area contributed by atoms with E-state index in [4.69, 9.17) is 0 Å². The molecule has 0 unspecified atom stereocenters. The minimum atomic E-state index is 0.726. The van der Waals surface area contributed by atoms with E-state index in [9.17, 15) is 0 Å². The highest BCUT2D eigenvalue weighted by atomic mass is 15.3. The van der Waals surface area contributed by atoms with Crippen LogP contribution in [0.2, 0.25) is 0 Å². The molecule has 2 heterocycles. The lowest BCUT2D eigenvalue weighted by Crippen LogP contribution is -2.03. The summed E-state index contributed by atoms with van der Waals surface area (Å²) in [5, 5.41) is 7.59. The number of nitrogens with zero attached hydrogens (tertiary/aromatic N) is 4. The Bertz CT molecular complexity index is 475. The minimum absolute atomic E-state index is 0.726. The molecule has 0 saturated heterocycles. The number of hydrogen-bond acceptors (Lipinski definition) is 4. The summed E-state index contributed by atoms with van der Waals surface area (Å²) in [6.07, 6.45) is 5.04. The number of aromatic nitrogens is 4. The van der Waals surface area contributed by atoms with Gasteiger partial charge in [-0.05, 0) is 13.8 Å². The Morgan fingerprint density at radius 2 is 2.12 bits per heavy atom. The molecule has 0 amide bonds. The molecule has 5 nitrogen and oxygen atoms in total. The number of hydrogen-bond donors (Lipinski definition) is 1. The number of nitrogens with one attached hydrogen (secondary N) is 1. The number of rotatable bonds is 3. The van der Waals surface area contributed by atoms with Gasteiger partial charge in [0, 0.05) is 37.2 Å². The summed E-state index contributed by atoms with van der Waals surface area (Å²) in [5.74, 6) is 0.783. The minimum Gasteiger partial charge on any atom is -0.365 e. The van der Waals surface area contributed by atoms with Crippen LogP contribution in [0.15, 0.2) is 18.6 Å². The van der Waals surface area contributed by atoms with Crippen LogP contribution in [0.5, 0.6) is 0 Å². The molecule has 0 aliphatic rings. The summed E-state index contributed by atoms with van der Waals surface area (Å²) in [7, 11) is 1.95. The van der Waals surface area contributed by atoms with Crippen LogP contribution in [0.25, 0.3) is 0 Å². The Balaban J connectivity index is 2.11.